The maximum atomic E-state index is 12.3. The Morgan fingerprint density at radius 3 is 2.74 bits per heavy atom. The van der Waals surface area contributed by atoms with Crippen LogP contribution in [0.1, 0.15) is 39.2 Å². The van der Waals surface area contributed by atoms with Gasteiger partial charge in [0.1, 0.15) is 6.29 Å². The predicted molar refractivity (Wildman–Crippen MR) is 85.7 cm³/mol. The zero-order valence-corrected chi connectivity index (χ0v) is 21.6. The molecule has 0 aliphatic carbocycles. The molecule has 124 valence electrons. The van der Waals surface area contributed by atoms with Crippen molar-refractivity contribution in [2.75, 3.05) is 5.75 Å². The first kappa shape index (κ1) is 22.2. The normalized spacial score (nSPS) is 21.4. The molecule has 0 amide bonds. The summed E-state index contributed by atoms with van der Waals surface area (Å²) in [5, 5.41) is 0. The van der Waals surface area contributed by atoms with E-state index in [-0.39, 0.29) is 80.9 Å². The molecule has 1 fully saturated rings. The summed E-state index contributed by atoms with van der Waals surface area (Å²) in [7, 11) is -3.22. The number of sulfone groups is 1. The van der Waals surface area contributed by atoms with Gasteiger partial charge in [0.25, 0.3) is 0 Å². The summed E-state index contributed by atoms with van der Waals surface area (Å²) in [5.41, 5.74) is 0.855. The van der Waals surface area contributed by atoms with Gasteiger partial charge in [0.05, 0.1) is 17.3 Å². The van der Waals surface area contributed by atoms with Crippen molar-refractivity contribution in [3.05, 3.63) is 36.4 Å². The van der Waals surface area contributed by atoms with E-state index in [4.69, 9.17) is 9.47 Å². The van der Waals surface area contributed by atoms with Crippen LogP contribution in [0.25, 0.3) is 0 Å². The Morgan fingerprint density at radius 2 is 2.13 bits per heavy atom. The Labute approximate surface area is 199 Å². The van der Waals surface area contributed by atoms with Gasteiger partial charge >= 0.3 is 68.9 Å². The second kappa shape index (κ2) is 10.3. The molecule has 0 saturated carbocycles. The van der Waals surface area contributed by atoms with E-state index >= 15 is 0 Å². The van der Waals surface area contributed by atoms with Gasteiger partial charge in [0.15, 0.2) is 9.84 Å². The van der Waals surface area contributed by atoms with Crippen LogP contribution < -0.4 is 68.9 Å². The third-order valence-electron chi connectivity index (χ3n) is 3.68. The van der Waals surface area contributed by atoms with Crippen LogP contribution in [0.2, 0.25) is 0 Å². The van der Waals surface area contributed by atoms with Crippen LogP contribution in [0.3, 0.4) is 0 Å². The zero-order valence-electron chi connectivity index (χ0n) is 14.5. The number of ether oxygens (including phenoxy) is 2. The summed E-state index contributed by atoms with van der Waals surface area (Å²) >= 11 is 0. The molecule has 1 heterocycles. The quantitative estimate of drug-likeness (QED) is 0.561. The molecule has 0 spiro atoms. The van der Waals surface area contributed by atoms with Crippen molar-refractivity contribution in [1.29, 1.82) is 0 Å². The van der Waals surface area contributed by atoms with E-state index in [1.807, 2.05) is 19.9 Å². The predicted octanol–water partition coefficient (Wildman–Crippen LogP) is 0.571. The van der Waals surface area contributed by atoms with E-state index in [9.17, 15) is 8.42 Å². The average Bonchev–Trinajstić information content (AvgIpc) is 2.89. The topological polar surface area (TPSA) is 52.6 Å². The van der Waals surface area contributed by atoms with E-state index in [1.54, 1.807) is 24.8 Å². The Balaban J connectivity index is 0.00000264. The van der Waals surface area contributed by atoms with Crippen molar-refractivity contribution < 1.29 is 86.8 Å². The van der Waals surface area contributed by atoms with Gasteiger partial charge in [-0.1, -0.05) is 32.9 Å². The molecule has 0 bridgehead atoms. The van der Waals surface area contributed by atoms with E-state index in [1.165, 1.54) is 0 Å². The molecule has 1 aromatic rings. The van der Waals surface area contributed by atoms with Crippen molar-refractivity contribution in [3.8, 4) is 0 Å². The van der Waals surface area contributed by atoms with Crippen LogP contribution in [0, 0.1) is 18.4 Å². The molecule has 1 aliphatic heterocycles. The Morgan fingerprint density at radius 1 is 1.39 bits per heavy atom. The molecule has 0 aromatic heterocycles. The van der Waals surface area contributed by atoms with E-state index in [2.05, 4.69) is 6.92 Å². The minimum absolute atomic E-state index is 0. The number of rotatable bonds is 7. The van der Waals surface area contributed by atoms with Gasteiger partial charge < -0.3 is 9.47 Å². The molecule has 0 radical (unpaired) electrons. The molecule has 1 saturated heterocycles. The van der Waals surface area contributed by atoms with Gasteiger partial charge in [-0.2, -0.15) is 0 Å². The Hall–Kier alpha value is 1.14. The van der Waals surface area contributed by atoms with Crippen LogP contribution in [0.15, 0.2) is 29.2 Å². The van der Waals surface area contributed by atoms with Crippen molar-refractivity contribution in [2.24, 2.45) is 11.8 Å². The molecule has 6 heteroatoms. The fourth-order valence-corrected chi connectivity index (χ4v) is 3.90. The Kier molecular flexibility index (Phi) is 9.96. The maximum Gasteiger partial charge on any atom is 1.00 e. The number of benzene rings is 1. The third kappa shape index (κ3) is 7.50. The molecular weight excluding hydrogens is 433 g/mol. The first-order valence-electron chi connectivity index (χ1n) is 7.79. The van der Waals surface area contributed by atoms with Crippen LogP contribution in [0.5, 0.6) is 0 Å². The summed E-state index contributed by atoms with van der Waals surface area (Å²) in [5.74, 6) is 0.958. The number of hydrogen-bond donors (Lipinski definition) is 0. The van der Waals surface area contributed by atoms with Gasteiger partial charge in [-0.25, -0.2) is 15.0 Å². The van der Waals surface area contributed by atoms with E-state index < -0.39 is 9.84 Å². The van der Waals surface area contributed by atoms with Crippen molar-refractivity contribution in [1.82, 2.24) is 0 Å². The molecule has 4 nitrogen and oxygen atoms in total. The summed E-state index contributed by atoms with van der Waals surface area (Å²) in [6.45, 7) is 8.28. The fraction of sp³-hybridized carbons (Fsp3) is 0.588. The third-order valence-corrected chi connectivity index (χ3v) is 5.43. The minimum Gasteiger partial charge on any atom is -0.529 e. The van der Waals surface area contributed by atoms with Crippen molar-refractivity contribution in [2.45, 2.75) is 51.4 Å². The summed E-state index contributed by atoms with van der Waals surface area (Å²) in [6.07, 6.45) is 1.29. The monoisotopic (exact) mass is 458 g/mol. The molecule has 1 aromatic carbocycles. The zero-order chi connectivity index (χ0) is 16.2. The molecule has 1 unspecified atom stereocenters. The standard InChI is InChI=1S/C17H25O4S.Cs/c1-13(2)7-8-22(18,19)16-6-4-5-15(10-16)12-21-17-9-14(3)11-20-17;/h4-6,10-11,13-14,17H,7-9,12H2,1-3H3;/q-1;+1/t14-,17?;/m1./s1. The van der Waals surface area contributed by atoms with Crippen LogP contribution in [-0.4, -0.2) is 20.5 Å². The smallest absolute Gasteiger partial charge is 0.529 e. The molecular formula is C17H25CsO4S. The van der Waals surface area contributed by atoms with Crippen LogP contribution in [-0.2, 0) is 25.9 Å². The summed E-state index contributed by atoms with van der Waals surface area (Å²) in [4.78, 5) is 0.376. The average molecular weight is 458 g/mol. The van der Waals surface area contributed by atoms with Gasteiger partial charge in [0.2, 0.25) is 0 Å². The van der Waals surface area contributed by atoms with E-state index in [0.29, 0.717) is 29.8 Å². The molecule has 2 atom stereocenters. The SMILES string of the molecule is CC(C)CCS(=O)(=O)c1cccc(COC2C[C@@H](C)[CH-]O2)c1.[Cs+]. The molecule has 23 heavy (non-hydrogen) atoms. The molecule has 2 rings (SSSR count). The minimum atomic E-state index is -3.22. The fourth-order valence-electron chi connectivity index (χ4n) is 2.27. The van der Waals surface area contributed by atoms with Gasteiger partial charge in [-0.3, -0.25) is 0 Å². The second-order valence-corrected chi connectivity index (χ2v) is 8.48. The molecule has 1 aliphatic rings. The van der Waals surface area contributed by atoms with Gasteiger partial charge in [-0.15, -0.1) is 5.92 Å². The first-order valence-corrected chi connectivity index (χ1v) is 9.44. The van der Waals surface area contributed by atoms with Crippen LogP contribution in [0.4, 0.5) is 0 Å². The van der Waals surface area contributed by atoms with Crippen molar-refractivity contribution in [3.63, 3.8) is 0 Å². The summed E-state index contributed by atoms with van der Waals surface area (Å²) < 4.78 is 35.7. The van der Waals surface area contributed by atoms with Gasteiger partial charge in [-0.05, 0) is 36.5 Å². The van der Waals surface area contributed by atoms with Crippen LogP contribution >= 0.6 is 0 Å². The molecule has 0 N–H and O–H groups in total. The summed E-state index contributed by atoms with van der Waals surface area (Å²) in [6, 6.07) is 7.01. The van der Waals surface area contributed by atoms with Gasteiger partial charge in [0, 0.05) is 0 Å². The Bertz CT molecular complexity index is 586. The second-order valence-electron chi connectivity index (χ2n) is 6.37. The number of hydrogen-bond acceptors (Lipinski definition) is 4. The first-order chi connectivity index (χ1) is 10.4. The maximum absolute atomic E-state index is 12.3. The largest absolute Gasteiger partial charge is 1.00 e. The van der Waals surface area contributed by atoms with Crippen molar-refractivity contribution >= 4 is 9.84 Å². The van der Waals surface area contributed by atoms with E-state index in [0.717, 1.165) is 12.0 Å².